The first kappa shape index (κ1) is 18.6. The van der Waals surface area contributed by atoms with Gasteiger partial charge in [0.1, 0.15) is 17.0 Å². The van der Waals surface area contributed by atoms with Gasteiger partial charge in [0.2, 0.25) is 0 Å². The Labute approximate surface area is 176 Å². The van der Waals surface area contributed by atoms with Crippen LogP contribution in [0.1, 0.15) is 34.2 Å². The zero-order chi connectivity index (χ0) is 20.4. The van der Waals surface area contributed by atoms with Crippen LogP contribution in [-0.4, -0.2) is 16.2 Å². The molecule has 2 bridgehead atoms. The third-order valence-electron chi connectivity index (χ3n) is 6.15. The minimum Gasteiger partial charge on any atom is -0.426 e. The van der Waals surface area contributed by atoms with Gasteiger partial charge in [-0.1, -0.05) is 64.0 Å². The summed E-state index contributed by atoms with van der Waals surface area (Å²) < 4.78 is 6.41. The monoisotopic (exact) mass is 450 g/mol. The molecule has 2 N–H and O–H groups in total. The highest BCUT2D eigenvalue weighted by Crippen LogP contribution is 2.60. The fraction of sp³-hybridized carbons (Fsp3) is 0.208. The van der Waals surface area contributed by atoms with Crippen molar-refractivity contribution in [3.8, 4) is 5.75 Å². The minimum absolute atomic E-state index is 0.0503. The van der Waals surface area contributed by atoms with Crippen LogP contribution in [0.15, 0.2) is 71.2 Å². The Balaban J connectivity index is 1.65. The second-order valence-electron chi connectivity index (χ2n) is 7.85. The number of carbonyl (C=O) groups is 1. The molecule has 3 aliphatic rings. The second kappa shape index (κ2) is 6.26. The standard InChI is InChI=1S/C24H19BrO4/c1-14-6-9-16(10-7-14)29-22(26)21-13-23(27)17-4-2-3-5-18(17)24(21,28)19-11-8-15(25)12-20(19)23/h2-12,21,27-28H,13H2,1H3. The highest BCUT2D eigenvalue weighted by Gasteiger charge is 2.62. The van der Waals surface area contributed by atoms with Crippen molar-refractivity contribution in [2.75, 3.05) is 0 Å². The highest BCUT2D eigenvalue weighted by molar-refractivity contribution is 9.10. The van der Waals surface area contributed by atoms with E-state index in [9.17, 15) is 15.0 Å². The molecule has 3 unspecified atom stereocenters. The summed E-state index contributed by atoms with van der Waals surface area (Å²) in [5, 5.41) is 23.7. The largest absolute Gasteiger partial charge is 0.426 e. The van der Waals surface area contributed by atoms with E-state index in [1.807, 2.05) is 49.4 Å². The fourth-order valence-corrected chi connectivity index (χ4v) is 5.10. The maximum Gasteiger partial charge on any atom is 0.318 e. The number of fused-ring (bicyclic) bond motifs is 1. The van der Waals surface area contributed by atoms with Crippen molar-refractivity contribution in [3.05, 3.63) is 99.0 Å². The van der Waals surface area contributed by atoms with E-state index in [-0.39, 0.29) is 6.42 Å². The fourth-order valence-electron chi connectivity index (χ4n) is 4.74. The van der Waals surface area contributed by atoms with Gasteiger partial charge in [-0.05, 0) is 53.4 Å². The molecule has 0 saturated carbocycles. The average Bonchev–Trinajstić information content (AvgIpc) is 2.71. The molecule has 0 radical (unpaired) electrons. The first-order valence-electron chi connectivity index (χ1n) is 9.47. The smallest absolute Gasteiger partial charge is 0.318 e. The second-order valence-corrected chi connectivity index (χ2v) is 8.77. The van der Waals surface area contributed by atoms with Gasteiger partial charge in [-0.25, -0.2) is 0 Å². The van der Waals surface area contributed by atoms with Crippen molar-refractivity contribution in [2.45, 2.75) is 24.5 Å². The van der Waals surface area contributed by atoms with Crippen molar-refractivity contribution in [1.82, 2.24) is 0 Å². The van der Waals surface area contributed by atoms with Gasteiger partial charge in [0.25, 0.3) is 0 Å². The molecule has 3 aromatic carbocycles. The first-order valence-corrected chi connectivity index (χ1v) is 10.3. The van der Waals surface area contributed by atoms with Crippen LogP contribution in [0.3, 0.4) is 0 Å². The Morgan fingerprint density at radius 3 is 2.34 bits per heavy atom. The predicted octanol–water partition coefficient (Wildman–Crippen LogP) is 4.17. The van der Waals surface area contributed by atoms with E-state index in [0.29, 0.717) is 28.0 Å². The summed E-state index contributed by atoms with van der Waals surface area (Å²) in [5.41, 5.74) is 0.451. The van der Waals surface area contributed by atoms with Crippen LogP contribution < -0.4 is 4.74 Å². The summed E-state index contributed by atoms with van der Waals surface area (Å²) in [7, 11) is 0. The van der Waals surface area contributed by atoms with E-state index < -0.39 is 23.1 Å². The van der Waals surface area contributed by atoms with Crippen molar-refractivity contribution >= 4 is 21.9 Å². The Hall–Kier alpha value is -2.47. The first-order chi connectivity index (χ1) is 13.8. The zero-order valence-corrected chi connectivity index (χ0v) is 17.3. The van der Waals surface area contributed by atoms with Gasteiger partial charge in [-0.3, -0.25) is 4.79 Å². The highest BCUT2D eigenvalue weighted by atomic mass is 79.9. The van der Waals surface area contributed by atoms with Crippen LogP contribution in [0, 0.1) is 12.8 Å². The number of rotatable bonds is 2. The quantitative estimate of drug-likeness (QED) is 0.454. The predicted molar refractivity (Wildman–Crippen MR) is 112 cm³/mol. The lowest BCUT2D eigenvalue weighted by atomic mass is 9.54. The lowest BCUT2D eigenvalue weighted by Crippen LogP contribution is -2.57. The number of aryl methyl sites for hydroxylation is 1. The third-order valence-corrected chi connectivity index (χ3v) is 6.64. The maximum atomic E-state index is 13.2. The Bertz CT molecular complexity index is 1140. The molecule has 0 heterocycles. The molecule has 3 aromatic rings. The van der Waals surface area contributed by atoms with E-state index in [1.54, 1.807) is 24.3 Å². The van der Waals surface area contributed by atoms with E-state index in [1.165, 1.54) is 0 Å². The zero-order valence-electron chi connectivity index (χ0n) is 15.7. The molecular weight excluding hydrogens is 432 g/mol. The SMILES string of the molecule is Cc1ccc(OC(=O)C2CC3(O)c4ccccc4C2(O)c2ccc(Br)cc23)cc1. The topological polar surface area (TPSA) is 66.8 Å². The maximum absolute atomic E-state index is 13.2. The van der Waals surface area contributed by atoms with Crippen molar-refractivity contribution < 1.29 is 19.7 Å². The molecule has 29 heavy (non-hydrogen) atoms. The van der Waals surface area contributed by atoms with Crippen LogP contribution in [0.25, 0.3) is 0 Å². The van der Waals surface area contributed by atoms with Crippen molar-refractivity contribution in [2.24, 2.45) is 5.92 Å². The summed E-state index contributed by atoms with van der Waals surface area (Å²) in [6.07, 6.45) is 0.0503. The Morgan fingerprint density at radius 2 is 1.62 bits per heavy atom. The summed E-state index contributed by atoms with van der Waals surface area (Å²) in [5.74, 6) is -1.07. The molecule has 3 aliphatic carbocycles. The summed E-state index contributed by atoms with van der Waals surface area (Å²) in [6, 6.07) is 19.8. The molecular formula is C24H19BrO4. The van der Waals surface area contributed by atoms with E-state index in [2.05, 4.69) is 15.9 Å². The van der Waals surface area contributed by atoms with E-state index in [4.69, 9.17) is 4.74 Å². The van der Waals surface area contributed by atoms with Gasteiger partial charge in [-0.2, -0.15) is 0 Å². The third kappa shape index (κ3) is 2.54. The molecule has 4 nitrogen and oxygen atoms in total. The summed E-state index contributed by atoms with van der Waals surface area (Å²) >= 11 is 3.45. The molecule has 0 aromatic heterocycles. The Morgan fingerprint density at radius 1 is 0.966 bits per heavy atom. The number of benzene rings is 3. The molecule has 0 aliphatic heterocycles. The van der Waals surface area contributed by atoms with Gasteiger partial charge >= 0.3 is 5.97 Å². The van der Waals surface area contributed by atoms with E-state index >= 15 is 0 Å². The van der Waals surface area contributed by atoms with Crippen LogP contribution in [0.5, 0.6) is 5.75 Å². The van der Waals surface area contributed by atoms with Crippen LogP contribution in [-0.2, 0) is 16.0 Å². The number of hydrogen-bond donors (Lipinski definition) is 2. The molecule has 3 atom stereocenters. The number of carbonyl (C=O) groups excluding carboxylic acids is 1. The van der Waals surface area contributed by atoms with Gasteiger partial charge in [0.15, 0.2) is 0 Å². The summed E-state index contributed by atoms with van der Waals surface area (Å²) in [4.78, 5) is 13.2. The molecule has 146 valence electrons. The molecule has 5 heteroatoms. The number of hydrogen-bond acceptors (Lipinski definition) is 4. The average molecular weight is 451 g/mol. The molecule has 6 rings (SSSR count). The number of esters is 1. The van der Waals surface area contributed by atoms with Crippen molar-refractivity contribution in [1.29, 1.82) is 0 Å². The normalized spacial score (nSPS) is 26.6. The lowest BCUT2D eigenvalue weighted by Gasteiger charge is -2.53. The number of halogens is 1. The molecule has 0 fully saturated rings. The van der Waals surface area contributed by atoms with Gasteiger partial charge in [0.05, 0.1) is 5.92 Å². The van der Waals surface area contributed by atoms with Crippen LogP contribution in [0.2, 0.25) is 0 Å². The molecule has 0 amide bonds. The molecule has 0 spiro atoms. The van der Waals surface area contributed by atoms with Crippen molar-refractivity contribution in [3.63, 3.8) is 0 Å². The molecule has 0 saturated heterocycles. The van der Waals surface area contributed by atoms with Crippen LogP contribution in [0.4, 0.5) is 0 Å². The van der Waals surface area contributed by atoms with E-state index in [0.717, 1.165) is 10.0 Å². The summed E-state index contributed by atoms with van der Waals surface area (Å²) in [6.45, 7) is 1.95. The van der Waals surface area contributed by atoms with Gasteiger partial charge < -0.3 is 14.9 Å². The van der Waals surface area contributed by atoms with Gasteiger partial charge in [0, 0.05) is 10.9 Å². The number of ether oxygens (including phenoxy) is 1. The number of aliphatic hydroxyl groups is 2. The minimum atomic E-state index is -1.57. The van der Waals surface area contributed by atoms with Gasteiger partial charge in [-0.15, -0.1) is 0 Å². The Kier molecular flexibility index (Phi) is 4.01. The van der Waals surface area contributed by atoms with Crippen LogP contribution >= 0.6 is 15.9 Å². The lowest BCUT2D eigenvalue weighted by molar-refractivity contribution is -0.157.